The Morgan fingerprint density at radius 2 is 1.77 bits per heavy atom. The van der Waals surface area contributed by atoms with E-state index < -0.39 is 22.0 Å². The first kappa shape index (κ1) is 29.1. The fourth-order valence-electron chi connectivity index (χ4n) is 4.55. The van der Waals surface area contributed by atoms with Crippen LogP contribution in [0.3, 0.4) is 0 Å². The van der Waals surface area contributed by atoms with Crippen LogP contribution < -0.4 is 19.7 Å². The Bertz CT molecular complexity index is 1440. The van der Waals surface area contributed by atoms with Gasteiger partial charge in [0.05, 0.1) is 30.3 Å². The van der Waals surface area contributed by atoms with E-state index in [1.807, 2.05) is 37.3 Å². The van der Waals surface area contributed by atoms with Gasteiger partial charge in [0, 0.05) is 13.1 Å². The van der Waals surface area contributed by atoms with Crippen LogP contribution >= 0.6 is 0 Å². The van der Waals surface area contributed by atoms with E-state index >= 15 is 0 Å². The molecule has 0 aromatic heterocycles. The summed E-state index contributed by atoms with van der Waals surface area (Å²) in [4.78, 5) is 28.1. The maximum atomic E-state index is 13.6. The molecule has 0 bridgehead atoms. The zero-order valence-corrected chi connectivity index (χ0v) is 23.8. The first-order valence-electron chi connectivity index (χ1n) is 13.4. The molecule has 40 heavy (non-hydrogen) atoms. The van der Waals surface area contributed by atoms with Gasteiger partial charge in [-0.15, -0.1) is 0 Å². The molecule has 1 atom stereocenters. The van der Waals surface area contributed by atoms with Crippen molar-refractivity contribution >= 4 is 27.5 Å². The highest BCUT2D eigenvalue weighted by atomic mass is 32.2. The molecule has 9 nitrogen and oxygen atoms in total. The van der Waals surface area contributed by atoms with E-state index in [1.165, 1.54) is 11.0 Å². The Hall–Kier alpha value is -3.89. The summed E-state index contributed by atoms with van der Waals surface area (Å²) in [6, 6.07) is 21.4. The van der Waals surface area contributed by atoms with Gasteiger partial charge in [-0.1, -0.05) is 49.4 Å². The van der Waals surface area contributed by atoms with Crippen LogP contribution in [0.1, 0.15) is 25.0 Å². The van der Waals surface area contributed by atoms with Crippen molar-refractivity contribution in [3.05, 3.63) is 83.9 Å². The summed E-state index contributed by atoms with van der Waals surface area (Å²) in [5.41, 5.74) is 2.28. The number of fused-ring (bicyclic) bond motifs is 1. The average molecular weight is 566 g/mol. The Balaban J connectivity index is 1.48. The van der Waals surface area contributed by atoms with Gasteiger partial charge < -0.3 is 19.7 Å². The molecule has 0 fully saturated rings. The van der Waals surface area contributed by atoms with Crippen molar-refractivity contribution in [2.45, 2.75) is 38.2 Å². The summed E-state index contributed by atoms with van der Waals surface area (Å²) in [7, 11) is -3.96. The van der Waals surface area contributed by atoms with Crippen LogP contribution in [0.2, 0.25) is 0 Å². The third-order valence-corrected chi connectivity index (χ3v) is 8.59. The number of likely N-dealkylation sites (N-methyl/N-ethyl adjacent to an activating group) is 1. The zero-order chi connectivity index (χ0) is 28.7. The Kier molecular flexibility index (Phi) is 9.44. The number of nitrogens with one attached hydrogen (secondary N) is 1. The van der Waals surface area contributed by atoms with Gasteiger partial charge in [0.15, 0.2) is 6.10 Å². The molecule has 1 aliphatic rings. The van der Waals surface area contributed by atoms with Crippen LogP contribution in [0.4, 0.5) is 5.69 Å². The number of sulfonamides is 1. The SMILES string of the molecule is CCOc1ccc(S(=O)(=O)N(CC)CC(=O)N2C[C@@H](C(=O)NCCc3ccccc3)Oc3ccccc32)cc1C. The van der Waals surface area contributed by atoms with Gasteiger partial charge in [-0.25, -0.2) is 8.42 Å². The molecule has 0 radical (unpaired) electrons. The predicted octanol–water partition coefficient (Wildman–Crippen LogP) is 3.56. The Morgan fingerprint density at radius 3 is 2.48 bits per heavy atom. The van der Waals surface area contributed by atoms with Crippen LogP contribution in [0, 0.1) is 6.92 Å². The Morgan fingerprint density at radius 1 is 1.05 bits per heavy atom. The summed E-state index contributed by atoms with van der Waals surface area (Å²) in [6.07, 6.45) is -0.276. The van der Waals surface area contributed by atoms with E-state index in [-0.39, 0.29) is 30.4 Å². The molecule has 1 heterocycles. The number of carbonyl (C=O) groups is 2. The maximum Gasteiger partial charge on any atom is 0.262 e. The third-order valence-electron chi connectivity index (χ3n) is 6.67. The van der Waals surface area contributed by atoms with Crippen molar-refractivity contribution < 1.29 is 27.5 Å². The van der Waals surface area contributed by atoms with Crippen LogP contribution in [0.25, 0.3) is 0 Å². The summed E-state index contributed by atoms with van der Waals surface area (Å²) in [6.45, 7) is 5.88. The van der Waals surface area contributed by atoms with Crippen LogP contribution in [-0.4, -0.2) is 63.4 Å². The van der Waals surface area contributed by atoms with E-state index in [0.29, 0.717) is 42.3 Å². The number of nitrogens with zero attached hydrogens (tertiary/aromatic N) is 2. The van der Waals surface area contributed by atoms with Gasteiger partial charge in [0.25, 0.3) is 5.91 Å². The molecule has 0 unspecified atom stereocenters. The van der Waals surface area contributed by atoms with E-state index in [9.17, 15) is 18.0 Å². The van der Waals surface area contributed by atoms with Crippen molar-refractivity contribution in [1.82, 2.24) is 9.62 Å². The van der Waals surface area contributed by atoms with Crippen LogP contribution in [0.5, 0.6) is 11.5 Å². The van der Waals surface area contributed by atoms with Gasteiger partial charge in [-0.05, 0) is 61.7 Å². The molecule has 0 saturated heterocycles. The average Bonchev–Trinajstić information content (AvgIpc) is 2.96. The lowest BCUT2D eigenvalue weighted by molar-refractivity contribution is -0.128. The summed E-state index contributed by atoms with van der Waals surface area (Å²) < 4.78 is 39.6. The fraction of sp³-hybridized carbons (Fsp3) is 0.333. The normalized spacial score (nSPS) is 14.8. The fourth-order valence-corrected chi connectivity index (χ4v) is 6.03. The minimum Gasteiger partial charge on any atom is -0.494 e. The van der Waals surface area contributed by atoms with E-state index in [2.05, 4.69) is 5.32 Å². The summed E-state index contributed by atoms with van der Waals surface area (Å²) >= 11 is 0. The van der Waals surface area contributed by atoms with E-state index in [4.69, 9.17) is 9.47 Å². The second kappa shape index (κ2) is 13.0. The third kappa shape index (κ3) is 6.63. The number of carbonyl (C=O) groups excluding carboxylic acids is 2. The van der Waals surface area contributed by atoms with Gasteiger partial charge in [-0.2, -0.15) is 4.31 Å². The van der Waals surface area contributed by atoms with Crippen molar-refractivity contribution in [2.24, 2.45) is 0 Å². The molecule has 0 spiro atoms. The van der Waals surface area contributed by atoms with Gasteiger partial charge in [-0.3, -0.25) is 9.59 Å². The first-order chi connectivity index (χ1) is 19.2. The first-order valence-corrected chi connectivity index (χ1v) is 14.8. The molecular weight excluding hydrogens is 530 g/mol. The smallest absolute Gasteiger partial charge is 0.262 e. The van der Waals surface area contributed by atoms with E-state index in [0.717, 1.165) is 9.87 Å². The number of para-hydroxylation sites is 2. The minimum atomic E-state index is -3.96. The maximum absolute atomic E-state index is 13.6. The minimum absolute atomic E-state index is 0.0349. The second-order valence-electron chi connectivity index (χ2n) is 9.40. The summed E-state index contributed by atoms with van der Waals surface area (Å²) in [5.74, 6) is 0.205. The molecule has 2 amide bonds. The number of benzene rings is 3. The number of ether oxygens (including phenoxy) is 2. The monoisotopic (exact) mass is 565 g/mol. The molecule has 0 aliphatic carbocycles. The topological polar surface area (TPSA) is 105 Å². The quantitative estimate of drug-likeness (QED) is 0.381. The highest BCUT2D eigenvalue weighted by Gasteiger charge is 2.35. The molecule has 1 N–H and O–H groups in total. The van der Waals surface area contributed by atoms with Crippen molar-refractivity contribution in [3.63, 3.8) is 0 Å². The second-order valence-corrected chi connectivity index (χ2v) is 11.3. The Labute approximate surface area is 235 Å². The number of hydrogen-bond acceptors (Lipinski definition) is 6. The molecule has 10 heteroatoms. The molecule has 3 aromatic carbocycles. The predicted molar refractivity (Wildman–Crippen MR) is 153 cm³/mol. The lowest BCUT2D eigenvalue weighted by atomic mass is 10.1. The standard InChI is InChI=1S/C30H35N3O6S/c1-4-32(40(36,37)24-15-16-26(38-5-2)22(3)19-24)21-29(34)33-20-28(39-27-14-10-9-13-25(27)33)30(35)31-18-17-23-11-7-6-8-12-23/h6-16,19,28H,4-5,17-18,20-21H2,1-3H3,(H,31,35)/t28-/m0/s1. The number of aryl methyl sites for hydroxylation is 1. The molecule has 3 aromatic rings. The number of anilines is 1. The largest absolute Gasteiger partial charge is 0.494 e. The lowest BCUT2D eigenvalue weighted by Crippen LogP contribution is -2.53. The van der Waals surface area contributed by atoms with E-state index in [1.54, 1.807) is 50.2 Å². The number of hydrogen-bond donors (Lipinski definition) is 1. The molecule has 212 valence electrons. The molecule has 0 saturated carbocycles. The molecular formula is C30H35N3O6S. The van der Waals surface area contributed by atoms with Gasteiger partial charge in [0.2, 0.25) is 15.9 Å². The van der Waals surface area contributed by atoms with Crippen LogP contribution in [-0.2, 0) is 26.0 Å². The van der Waals surface area contributed by atoms with Crippen LogP contribution in [0.15, 0.2) is 77.7 Å². The highest BCUT2D eigenvalue weighted by Crippen LogP contribution is 2.33. The molecule has 4 rings (SSSR count). The van der Waals surface area contributed by atoms with Gasteiger partial charge >= 0.3 is 0 Å². The van der Waals surface area contributed by atoms with Crippen molar-refractivity contribution in [1.29, 1.82) is 0 Å². The van der Waals surface area contributed by atoms with Crippen molar-refractivity contribution in [2.75, 3.05) is 37.7 Å². The lowest BCUT2D eigenvalue weighted by Gasteiger charge is -2.35. The van der Waals surface area contributed by atoms with Crippen molar-refractivity contribution in [3.8, 4) is 11.5 Å². The number of amides is 2. The molecule has 1 aliphatic heterocycles. The number of rotatable bonds is 11. The highest BCUT2D eigenvalue weighted by molar-refractivity contribution is 7.89. The summed E-state index contributed by atoms with van der Waals surface area (Å²) in [5, 5.41) is 2.89. The zero-order valence-electron chi connectivity index (χ0n) is 23.0. The van der Waals surface area contributed by atoms with Gasteiger partial charge in [0.1, 0.15) is 11.5 Å².